The summed E-state index contributed by atoms with van der Waals surface area (Å²) in [5, 5.41) is 5.68. The van der Waals surface area contributed by atoms with Crippen LogP contribution in [0, 0.1) is 5.92 Å². The molecule has 106 valence electrons. The highest BCUT2D eigenvalue weighted by Crippen LogP contribution is 2.47. The van der Waals surface area contributed by atoms with Gasteiger partial charge in [0.05, 0.1) is 0 Å². The lowest BCUT2D eigenvalue weighted by molar-refractivity contribution is 0.0901. The molecule has 2 saturated carbocycles. The van der Waals surface area contributed by atoms with E-state index in [0.717, 1.165) is 25.2 Å². The van der Waals surface area contributed by atoms with Gasteiger partial charge in [0.2, 0.25) is 0 Å². The molecule has 5 nitrogen and oxygen atoms in total. The molecule has 3 amide bonds. The van der Waals surface area contributed by atoms with Crippen LogP contribution in [-0.2, 0) is 0 Å². The number of carbonyl (C=O) groups is 2. The fourth-order valence-electron chi connectivity index (χ4n) is 3.56. The van der Waals surface area contributed by atoms with Crippen LogP contribution in [0.3, 0.4) is 0 Å². The number of hydrogen-bond donors (Lipinski definition) is 3. The van der Waals surface area contributed by atoms with Gasteiger partial charge in [-0.2, -0.15) is 0 Å². The minimum atomic E-state index is -0.629. The number of urea groups is 1. The van der Waals surface area contributed by atoms with Gasteiger partial charge in [0.15, 0.2) is 0 Å². The molecular formula is C15H19N3O2. The van der Waals surface area contributed by atoms with Crippen LogP contribution in [0.2, 0.25) is 0 Å². The quantitative estimate of drug-likeness (QED) is 0.789. The summed E-state index contributed by atoms with van der Waals surface area (Å²) in [5.41, 5.74) is 6.19. The second-order valence-corrected chi connectivity index (χ2v) is 5.95. The maximum atomic E-state index is 12.4. The van der Waals surface area contributed by atoms with Crippen molar-refractivity contribution < 1.29 is 9.59 Å². The molecule has 2 aliphatic rings. The SMILES string of the molecule is NC(=O)Nc1cccc(C(=O)NC23CCC(CC2)C3)c1. The van der Waals surface area contributed by atoms with Crippen molar-refractivity contribution in [2.75, 3.05) is 5.32 Å². The Morgan fingerprint density at radius 1 is 1.25 bits per heavy atom. The Morgan fingerprint density at radius 3 is 2.60 bits per heavy atom. The lowest BCUT2D eigenvalue weighted by Gasteiger charge is -2.28. The Hall–Kier alpha value is -2.04. The van der Waals surface area contributed by atoms with Crippen LogP contribution in [0.4, 0.5) is 10.5 Å². The van der Waals surface area contributed by atoms with Crippen molar-refractivity contribution in [3.63, 3.8) is 0 Å². The third-order valence-corrected chi connectivity index (χ3v) is 4.51. The van der Waals surface area contributed by atoms with Gasteiger partial charge in [0, 0.05) is 16.8 Å². The van der Waals surface area contributed by atoms with E-state index in [1.807, 2.05) is 0 Å². The molecule has 4 N–H and O–H groups in total. The zero-order chi connectivity index (χ0) is 14.2. The molecule has 2 aliphatic carbocycles. The van der Waals surface area contributed by atoms with Gasteiger partial charge in [-0.25, -0.2) is 4.79 Å². The topological polar surface area (TPSA) is 84.2 Å². The average Bonchev–Trinajstić information content (AvgIpc) is 2.98. The highest BCUT2D eigenvalue weighted by molar-refractivity contribution is 5.97. The summed E-state index contributed by atoms with van der Waals surface area (Å²) in [6, 6.07) is 6.22. The number of nitrogens with two attached hydrogens (primary N) is 1. The average molecular weight is 273 g/mol. The van der Waals surface area contributed by atoms with Crippen molar-refractivity contribution >= 4 is 17.6 Å². The minimum Gasteiger partial charge on any atom is -0.351 e. The van der Waals surface area contributed by atoms with Crippen LogP contribution in [0.1, 0.15) is 42.5 Å². The van der Waals surface area contributed by atoms with Gasteiger partial charge in [0.1, 0.15) is 0 Å². The van der Waals surface area contributed by atoms with Crippen molar-refractivity contribution in [3.8, 4) is 0 Å². The number of hydrogen-bond acceptors (Lipinski definition) is 2. The monoisotopic (exact) mass is 273 g/mol. The number of amides is 3. The third kappa shape index (κ3) is 2.48. The molecule has 0 saturated heterocycles. The van der Waals surface area contributed by atoms with Gasteiger partial charge < -0.3 is 16.4 Å². The zero-order valence-electron chi connectivity index (χ0n) is 11.3. The van der Waals surface area contributed by atoms with Crippen LogP contribution in [0.15, 0.2) is 24.3 Å². The van der Waals surface area contributed by atoms with E-state index in [2.05, 4.69) is 10.6 Å². The van der Waals surface area contributed by atoms with E-state index in [4.69, 9.17) is 5.73 Å². The normalized spacial score (nSPS) is 27.3. The van der Waals surface area contributed by atoms with Crippen LogP contribution in [-0.4, -0.2) is 17.5 Å². The van der Waals surface area contributed by atoms with Gasteiger partial charge in [-0.15, -0.1) is 0 Å². The van der Waals surface area contributed by atoms with Crippen LogP contribution < -0.4 is 16.4 Å². The zero-order valence-corrected chi connectivity index (χ0v) is 11.3. The van der Waals surface area contributed by atoms with Gasteiger partial charge in [-0.05, 0) is 56.2 Å². The fourth-order valence-corrected chi connectivity index (χ4v) is 3.56. The highest BCUT2D eigenvalue weighted by atomic mass is 16.2. The smallest absolute Gasteiger partial charge is 0.316 e. The number of fused-ring (bicyclic) bond motifs is 2. The summed E-state index contributed by atoms with van der Waals surface area (Å²) in [7, 11) is 0. The molecule has 0 radical (unpaired) electrons. The number of anilines is 1. The Labute approximate surface area is 117 Å². The van der Waals surface area contributed by atoms with Crippen molar-refractivity contribution in [3.05, 3.63) is 29.8 Å². The number of benzene rings is 1. The minimum absolute atomic E-state index is 0.00880. The number of primary amides is 1. The second-order valence-electron chi connectivity index (χ2n) is 5.95. The van der Waals surface area contributed by atoms with E-state index in [1.165, 1.54) is 12.8 Å². The Balaban J connectivity index is 1.72. The molecule has 0 aliphatic heterocycles. The van der Waals surface area contributed by atoms with Gasteiger partial charge in [-0.1, -0.05) is 6.07 Å². The number of rotatable bonds is 3. The summed E-state index contributed by atoms with van der Waals surface area (Å²) in [5.74, 6) is 0.721. The van der Waals surface area contributed by atoms with E-state index in [9.17, 15) is 9.59 Å². The van der Waals surface area contributed by atoms with E-state index in [1.54, 1.807) is 24.3 Å². The molecule has 1 aromatic rings. The molecule has 3 rings (SSSR count). The van der Waals surface area contributed by atoms with E-state index < -0.39 is 6.03 Å². The summed E-state index contributed by atoms with van der Waals surface area (Å²) in [4.78, 5) is 23.2. The molecule has 0 atom stereocenters. The molecular weight excluding hydrogens is 254 g/mol. The van der Waals surface area contributed by atoms with E-state index >= 15 is 0 Å². The Morgan fingerprint density at radius 2 is 2.00 bits per heavy atom. The molecule has 0 heterocycles. The fraction of sp³-hybridized carbons (Fsp3) is 0.467. The molecule has 5 heteroatoms. The lowest BCUT2D eigenvalue weighted by atomic mass is 9.93. The first kappa shape index (κ1) is 13.0. The summed E-state index contributed by atoms with van der Waals surface area (Å²) >= 11 is 0. The van der Waals surface area contributed by atoms with Gasteiger partial charge >= 0.3 is 6.03 Å². The van der Waals surface area contributed by atoms with Crippen molar-refractivity contribution in [1.29, 1.82) is 0 Å². The predicted molar refractivity (Wildman–Crippen MR) is 76.4 cm³/mol. The van der Waals surface area contributed by atoms with Crippen molar-refractivity contribution in [2.24, 2.45) is 11.7 Å². The van der Waals surface area contributed by atoms with E-state index in [0.29, 0.717) is 11.3 Å². The first-order valence-corrected chi connectivity index (χ1v) is 7.05. The number of carbonyl (C=O) groups excluding carboxylic acids is 2. The van der Waals surface area contributed by atoms with E-state index in [-0.39, 0.29) is 11.4 Å². The Kier molecular flexibility index (Phi) is 3.12. The first-order chi connectivity index (χ1) is 9.56. The Bertz CT molecular complexity index is 548. The van der Waals surface area contributed by atoms with Gasteiger partial charge in [-0.3, -0.25) is 4.79 Å². The molecule has 2 fully saturated rings. The molecule has 20 heavy (non-hydrogen) atoms. The first-order valence-electron chi connectivity index (χ1n) is 7.05. The standard InChI is InChI=1S/C15H19N3O2/c16-14(20)17-12-3-1-2-11(8-12)13(19)18-15-6-4-10(9-15)5-7-15/h1-3,8,10H,4-7,9H2,(H,18,19)(H3,16,17,20). The summed E-state index contributed by atoms with van der Waals surface area (Å²) < 4.78 is 0. The van der Waals surface area contributed by atoms with Crippen LogP contribution in [0.5, 0.6) is 0 Å². The predicted octanol–water partition coefficient (Wildman–Crippen LogP) is 2.24. The number of nitrogens with one attached hydrogen (secondary N) is 2. The van der Waals surface area contributed by atoms with Crippen molar-refractivity contribution in [1.82, 2.24) is 5.32 Å². The molecule has 2 bridgehead atoms. The van der Waals surface area contributed by atoms with Gasteiger partial charge in [0.25, 0.3) is 5.91 Å². The molecule has 0 unspecified atom stereocenters. The maximum Gasteiger partial charge on any atom is 0.316 e. The second kappa shape index (κ2) is 4.81. The van der Waals surface area contributed by atoms with Crippen LogP contribution >= 0.6 is 0 Å². The molecule has 0 spiro atoms. The highest BCUT2D eigenvalue weighted by Gasteiger charge is 2.45. The lowest BCUT2D eigenvalue weighted by Crippen LogP contribution is -2.45. The molecule has 0 aromatic heterocycles. The van der Waals surface area contributed by atoms with Crippen molar-refractivity contribution in [2.45, 2.75) is 37.6 Å². The largest absolute Gasteiger partial charge is 0.351 e. The molecule has 1 aromatic carbocycles. The van der Waals surface area contributed by atoms with Crippen LogP contribution in [0.25, 0.3) is 0 Å². The third-order valence-electron chi connectivity index (χ3n) is 4.51. The summed E-state index contributed by atoms with van der Waals surface area (Å²) in [6.45, 7) is 0. The summed E-state index contributed by atoms with van der Waals surface area (Å²) in [6.07, 6.45) is 5.73. The maximum absolute atomic E-state index is 12.4.